The molecular weight excluding hydrogens is 336 g/mol. The zero-order chi connectivity index (χ0) is 17.5. The lowest BCUT2D eigenvalue weighted by atomic mass is 10.3. The third-order valence-electron chi connectivity index (χ3n) is 4.13. The predicted octanol–water partition coefficient (Wildman–Crippen LogP) is 0.0145. The number of aromatic nitrogens is 3. The van der Waals surface area contributed by atoms with Crippen molar-refractivity contribution >= 4 is 21.6 Å². The summed E-state index contributed by atoms with van der Waals surface area (Å²) in [5.41, 5.74) is -0.591. The van der Waals surface area contributed by atoms with E-state index in [1.807, 2.05) is 0 Å². The van der Waals surface area contributed by atoms with Gasteiger partial charge in [0, 0.05) is 19.3 Å². The molecule has 0 aromatic carbocycles. The summed E-state index contributed by atoms with van der Waals surface area (Å²) in [4.78, 5) is 24.1. The Morgan fingerprint density at radius 1 is 1.33 bits per heavy atom. The number of carbonyl (C=O) groups is 1. The van der Waals surface area contributed by atoms with Crippen LogP contribution in [0.3, 0.4) is 0 Å². The van der Waals surface area contributed by atoms with E-state index in [-0.39, 0.29) is 10.5 Å². The number of methoxy groups -OCH3 is 1. The number of nitrogens with zero attached hydrogens (tertiary/aromatic N) is 4. The molecule has 1 aliphatic rings. The van der Waals surface area contributed by atoms with Crippen molar-refractivity contribution in [3.05, 3.63) is 28.8 Å². The molecule has 0 N–H and O–H groups in total. The van der Waals surface area contributed by atoms with Crippen LogP contribution < -0.4 is 5.69 Å². The highest BCUT2D eigenvalue weighted by atomic mass is 32.2. The second kappa shape index (κ2) is 6.02. The molecule has 3 heterocycles. The van der Waals surface area contributed by atoms with Gasteiger partial charge in [-0.1, -0.05) is 0 Å². The van der Waals surface area contributed by atoms with Crippen LogP contribution in [0.5, 0.6) is 0 Å². The molecule has 0 saturated carbocycles. The molecule has 10 heteroatoms. The number of rotatable bonds is 4. The number of ether oxygens (including phenoxy) is 1. The third kappa shape index (κ3) is 2.51. The molecule has 0 radical (unpaired) electrons. The number of pyridine rings is 1. The zero-order valence-corrected chi connectivity index (χ0v) is 14.2. The molecule has 24 heavy (non-hydrogen) atoms. The second-order valence-electron chi connectivity index (χ2n) is 5.60. The van der Waals surface area contributed by atoms with E-state index in [4.69, 9.17) is 0 Å². The minimum Gasteiger partial charge on any atom is -0.467 e. The van der Waals surface area contributed by atoms with Crippen LogP contribution in [-0.2, 0) is 19.6 Å². The van der Waals surface area contributed by atoms with Crippen LogP contribution in [0.4, 0.5) is 0 Å². The summed E-state index contributed by atoms with van der Waals surface area (Å²) in [6, 6.07) is 1.94. The molecule has 2 aromatic rings. The molecule has 0 spiro atoms. The van der Waals surface area contributed by atoms with Gasteiger partial charge in [-0.15, -0.1) is 5.10 Å². The summed E-state index contributed by atoms with van der Waals surface area (Å²) in [5, 5.41) is 4.08. The summed E-state index contributed by atoms with van der Waals surface area (Å²) in [5.74, 6) is -0.635. The van der Waals surface area contributed by atoms with E-state index in [2.05, 4.69) is 9.84 Å². The maximum absolute atomic E-state index is 12.8. The second-order valence-corrected chi connectivity index (χ2v) is 7.51. The minimum atomic E-state index is -3.74. The van der Waals surface area contributed by atoms with Crippen LogP contribution in [0.1, 0.15) is 25.8 Å². The number of esters is 1. The Bertz CT molecular complexity index is 940. The van der Waals surface area contributed by atoms with Crippen molar-refractivity contribution in [2.45, 2.75) is 30.7 Å². The van der Waals surface area contributed by atoms with Crippen molar-refractivity contribution in [3.8, 4) is 0 Å². The zero-order valence-electron chi connectivity index (χ0n) is 13.4. The Morgan fingerprint density at radius 2 is 2.00 bits per heavy atom. The minimum absolute atomic E-state index is 0.00477. The normalized spacial score (nSPS) is 17.2. The molecule has 1 saturated heterocycles. The standard InChI is InChI=1S/C14H18N4O5S/c1-10(13(19)23-2)18-14(20)17-9-5-6-11(12(17)15-18)24(21,22)16-7-3-4-8-16/h5-6,9-10H,3-4,7-8H2,1-2H3. The number of sulfonamides is 1. The van der Waals surface area contributed by atoms with Crippen molar-refractivity contribution < 1.29 is 17.9 Å². The fourth-order valence-electron chi connectivity index (χ4n) is 2.78. The van der Waals surface area contributed by atoms with E-state index >= 15 is 0 Å². The van der Waals surface area contributed by atoms with Crippen LogP contribution in [-0.4, -0.2) is 53.1 Å². The van der Waals surface area contributed by atoms with Gasteiger partial charge in [-0.3, -0.25) is 0 Å². The van der Waals surface area contributed by atoms with Crippen molar-refractivity contribution in [1.82, 2.24) is 18.5 Å². The Kier molecular flexibility index (Phi) is 4.18. The molecule has 3 rings (SSSR count). The van der Waals surface area contributed by atoms with Gasteiger partial charge in [-0.05, 0) is 31.9 Å². The molecule has 1 aliphatic heterocycles. The van der Waals surface area contributed by atoms with Crippen molar-refractivity contribution in [2.75, 3.05) is 20.2 Å². The lowest BCUT2D eigenvalue weighted by molar-refractivity contribution is -0.144. The summed E-state index contributed by atoms with van der Waals surface area (Å²) < 4.78 is 33.7. The number of fused-ring (bicyclic) bond motifs is 1. The first-order valence-electron chi connectivity index (χ1n) is 7.56. The smallest absolute Gasteiger partial charge is 0.351 e. The van der Waals surface area contributed by atoms with Gasteiger partial charge in [0.05, 0.1) is 7.11 Å². The highest BCUT2D eigenvalue weighted by molar-refractivity contribution is 7.89. The number of hydrogen-bond acceptors (Lipinski definition) is 6. The van der Waals surface area contributed by atoms with Crippen LogP contribution in [0.2, 0.25) is 0 Å². The van der Waals surface area contributed by atoms with Crippen LogP contribution in [0.25, 0.3) is 5.65 Å². The van der Waals surface area contributed by atoms with E-state index in [1.165, 1.54) is 36.7 Å². The first kappa shape index (κ1) is 16.7. The van der Waals surface area contributed by atoms with Crippen LogP contribution >= 0.6 is 0 Å². The largest absolute Gasteiger partial charge is 0.467 e. The summed E-state index contributed by atoms with van der Waals surface area (Å²) in [6.07, 6.45) is 3.04. The highest BCUT2D eigenvalue weighted by Gasteiger charge is 2.31. The highest BCUT2D eigenvalue weighted by Crippen LogP contribution is 2.23. The summed E-state index contributed by atoms with van der Waals surface area (Å²) >= 11 is 0. The fraction of sp³-hybridized carbons (Fsp3) is 0.500. The van der Waals surface area contributed by atoms with Gasteiger partial charge in [0.15, 0.2) is 11.7 Å². The van der Waals surface area contributed by atoms with Gasteiger partial charge in [0.2, 0.25) is 10.0 Å². The Morgan fingerprint density at radius 3 is 2.62 bits per heavy atom. The SMILES string of the molecule is COC(=O)C(C)n1nc2c(S(=O)(=O)N3CCCC3)cccn2c1=O. The molecule has 0 aliphatic carbocycles. The average Bonchev–Trinajstić information content (AvgIpc) is 3.22. The Hall–Kier alpha value is -2.20. The van der Waals surface area contributed by atoms with Gasteiger partial charge in [-0.2, -0.15) is 8.99 Å². The predicted molar refractivity (Wildman–Crippen MR) is 84.2 cm³/mol. The Labute approximate surface area is 138 Å². The molecule has 0 bridgehead atoms. The molecule has 2 aromatic heterocycles. The van der Waals surface area contributed by atoms with E-state index in [1.54, 1.807) is 0 Å². The van der Waals surface area contributed by atoms with Gasteiger partial charge < -0.3 is 4.74 Å². The van der Waals surface area contributed by atoms with Gasteiger partial charge in [0.25, 0.3) is 0 Å². The van der Waals surface area contributed by atoms with Crippen LogP contribution in [0.15, 0.2) is 28.0 Å². The van der Waals surface area contributed by atoms with Crippen molar-refractivity contribution in [3.63, 3.8) is 0 Å². The molecule has 1 atom stereocenters. The monoisotopic (exact) mass is 354 g/mol. The topological polar surface area (TPSA) is 103 Å². The van der Waals surface area contributed by atoms with Crippen molar-refractivity contribution in [2.24, 2.45) is 0 Å². The molecule has 1 unspecified atom stereocenters. The molecule has 1 fully saturated rings. The number of hydrogen-bond donors (Lipinski definition) is 0. The van der Waals surface area contributed by atoms with Gasteiger partial charge in [-0.25, -0.2) is 22.4 Å². The van der Waals surface area contributed by atoms with E-state index < -0.39 is 27.7 Å². The maximum atomic E-state index is 12.8. The third-order valence-corrected chi connectivity index (χ3v) is 6.05. The van der Waals surface area contributed by atoms with E-state index in [0.717, 1.165) is 21.9 Å². The average molecular weight is 354 g/mol. The molecular formula is C14H18N4O5S. The van der Waals surface area contributed by atoms with Crippen molar-refractivity contribution in [1.29, 1.82) is 0 Å². The molecule has 0 amide bonds. The first-order valence-corrected chi connectivity index (χ1v) is 9.00. The summed E-state index contributed by atoms with van der Waals surface area (Å²) in [7, 11) is -2.53. The lowest BCUT2D eigenvalue weighted by Crippen LogP contribution is -2.29. The maximum Gasteiger partial charge on any atom is 0.351 e. The lowest BCUT2D eigenvalue weighted by Gasteiger charge is -2.15. The van der Waals surface area contributed by atoms with E-state index in [9.17, 15) is 18.0 Å². The van der Waals surface area contributed by atoms with Crippen LogP contribution in [0, 0.1) is 0 Å². The van der Waals surface area contributed by atoms with Gasteiger partial charge >= 0.3 is 11.7 Å². The van der Waals surface area contributed by atoms with E-state index in [0.29, 0.717) is 13.1 Å². The first-order chi connectivity index (χ1) is 11.4. The quantitative estimate of drug-likeness (QED) is 0.717. The summed E-state index contributed by atoms with van der Waals surface area (Å²) in [6.45, 7) is 2.37. The molecule has 130 valence electrons. The number of carbonyl (C=O) groups excluding carboxylic acids is 1. The fourth-order valence-corrected chi connectivity index (χ4v) is 4.42. The Balaban J connectivity index is 2.18. The van der Waals surface area contributed by atoms with Gasteiger partial charge in [0.1, 0.15) is 4.90 Å². The molecule has 9 nitrogen and oxygen atoms in total.